The van der Waals surface area contributed by atoms with Crippen molar-refractivity contribution in [3.63, 3.8) is 0 Å². The van der Waals surface area contributed by atoms with Crippen LogP contribution in [0.3, 0.4) is 0 Å². The van der Waals surface area contributed by atoms with Gasteiger partial charge in [0.15, 0.2) is 5.96 Å². The normalized spacial score (nSPS) is 16.0. The Balaban J connectivity index is 2.19. The van der Waals surface area contributed by atoms with Crippen molar-refractivity contribution in [3.8, 4) is 0 Å². The highest BCUT2D eigenvalue weighted by Crippen LogP contribution is 2.28. The van der Waals surface area contributed by atoms with Crippen LogP contribution in [0.4, 0.5) is 0 Å². The van der Waals surface area contributed by atoms with Gasteiger partial charge in [-0.15, -0.1) is 0 Å². The van der Waals surface area contributed by atoms with E-state index in [0.717, 1.165) is 37.9 Å². The molecule has 0 aromatic heterocycles. The van der Waals surface area contributed by atoms with E-state index in [9.17, 15) is 4.79 Å². The van der Waals surface area contributed by atoms with Crippen molar-refractivity contribution in [2.75, 3.05) is 26.2 Å². The Morgan fingerprint density at radius 1 is 1.10 bits per heavy atom. The zero-order chi connectivity index (χ0) is 15.3. The lowest BCUT2D eigenvalue weighted by molar-refractivity contribution is -0.119. The van der Waals surface area contributed by atoms with Gasteiger partial charge in [-0.1, -0.05) is 32.6 Å². The number of rotatable bonds is 9. The van der Waals surface area contributed by atoms with Gasteiger partial charge in [0.25, 0.3) is 0 Å². The molecule has 0 saturated heterocycles. The van der Waals surface area contributed by atoms with E-state index in [2.05, 4.69) is 20.9 Å². The molecule has 1 amide bonds. The van der Waals surface area contributed by atoms with Crippen LogP contribution < -0.4 is 16.0 Å². The van der Waals surface area contributed by atoms with E-state index in [-0.39, 0.29) is 12.5 Å². The van der Waals surface area contributed by atoms with Crippen molar-refractivity contribution in [3.05, 3.63) is 0 Å². The molecule has 0 spiro atoms. The molecule has 3 N–H and O–H groups in total. The van der Waals surface area contributed by atoms with Crippen LogP contribution in [-0.4, -0.2) is 38.0 Å². The molecule has 0 radical (unpaired) electrons. The minimum atomic E-state index is -0.0139. The van der Waals surface area contributed by atoms with Gasteiger partial charge >= 0.3 is 0 Å². The topological polar surface area (TPSA) is 65.5 Å². The van der Waals surface area contributed by atoms with E-state index < -0.39 is 0 Å². The number of aliphatic imine (C=N–C) groups is 1. The third-order valence-electron chi connectivity index (χ3n) is 3.85. The molecule has 0 unspecified atom stereocenters. The second kappa shape index (κ2) is 11.4. The molecule has 1 aliphatic rings. The number of guanidine groups is 1. The van der Waals surface area contributed by atoms with Crippen molar-refractivity contribution in [1.82, 2.24) is 16.0 Å². The maximum absolute atomic E-state index is 11.5. The average molecular weight is 296 g/mol. The predicted molar refractivity (Wildman–Crippen MR) is 88.5 cm³/mol. The summed E-state index contributed by atoms with van der Waals surface area (Å²) in [6.45, 7) is 6.73. The van der Waals surface area contributed by atoms with Gasteiger partial charge in [0.05, 0.1) is 0 Å². The highest BCUT2D eigenvalue weighted by molar-refractivity contribution is 5.84. The van der Waals surface area contributed by atoms with E-state index >= 15 is 0 Å². The first kappa shape index (κ1) is 17.8. The summed E-state index contributed by atoms with van der Waals surface area (Å²) in [6, 6.07) is 0. The van der Waals surface area contributed by atoms with Crippen LogP contribution in [-0.2, 0) is 4.79 Å². The van der Waals surface area contributed by atoms with Crippen LogP contribution in [0.25, 0.3) is 0 Å². The molecule has 0 aromatic carbocycles. The van der Waals surface area contributed by atoms with Crippen molar-refractivity contribution in [2.24, 2.45) is 10.9 Å². The Morgan fingerprint density at radius 2 is 1.86 bits per heavy atom. The van der Waals surface area contributed by atoms with E-state index in [4.69, 9.17) is 0 Å². The van der Waals surface area contributed by atoms with Gasteiger partial charge in [0.2, 0.25) is 5.91 Å². The first-order valence-electron chi connectivity index (χ1n) is 8.55. The Labute approximate surface area is 129 Å². The lowest BCUT2D eigenvalue weighted by atomic mass is 10.0. The van der Waals surface area contributed by atoms with Crippen LogP contribution >= 0.6 is 0 Å². The molecule has 5 nitrogen and oxygen atoms in total. The van der Waals surface area contributed by atoms with E-state index in [1.54, 1.807) is 0 Å². The number of amides is 1. The second-order valence-corrected chi connectivity index (χ2v) is 5.76. The fourth-order valence-corrected chi connectivity index (χ4v) is 2.71. The van der Waals surface area contributed by atoms with Gasteiger partial charge in [-0.3, -0.25) is 4.79 Å². The monoisotopic (exact) mass is 296 g/mol. The minimum Gasteiger partial charge on any atom is -0.357 e. The van der Waals surface area contributed by atoms with Gasteiger partial charge in [-0.25, -0.2) is 4.99 Å². The Bertz CT molecular complexity index is 311. The maximum atomic E-state index is 11.5. The lowest BCUT2D eigenvalue weighted by Gasteiger charge is -2.13. The standard InChI is InChI=1S/C16H32N4O/c1-3-11-18-15(21)13-20-16(17-4-2)19-12-7-10-14-8-5-6-9-14/h14H,3-13H2,1-2H3,(H,18,21)(H2,17,19,20). The maximum Gasteiger partial charge on any atom is 0.241 e. The van der Waals surface area contributed by atoms with Crippen molar-refractivity contribution in [2.45, 2.75) is 58.8 Å². The van der Waals surface area contributed by atoms with E-state index in [1.165, 1.54) is 38.5 Å². The Kier molecular flexibility index (Phi) is 9.66. The number of nitrogens with one attached hydrogen (secondary N) is 3. The van der Waals surface area contributed by atoms with Crippen LogP contribution in [0.15, 0.2) is 4.99 Å². The van der Waals surface area contributed by atoms with Gasteiger partial charge in [-0.05, 0) is 32.1 Å². The summed E-state index contributed by atoms with van der Waals surface area (Å²) in [7, 11) is 0. The summed E-state index contributed by atoms with van der Waals surface area (Å²) in [5.41, 5.74) is 0. The Morgan fingerprint density at radius 3 is 2.52 bits per heavy atom. The van der Waals surface area contributed by atoms with E-state index in [1.807, 2.05) is 13.8 Å². The van der Waals surface area contributed by atoms with Gasteiger partial charge < -0.3 is 16.0 Å². The van der Waals surface area contributed by atoms with Crippen LogP contribution in [0.1, 0.15) is 58.8 Å². The number of hydrogen-bond donors (Lipinski definition) is 3. The average Bonchev–Trinajstić information content (AvgIpc) is 3.00. The van der Waals surface area contributed by atoms with Crippen molar-refractivity contribution < 1.29 is 4.79 Å². The van der Waals surface area contributed by atoms with Crippen LogP contribution in [0.2, 0.25) is 0 Å². The van der Waals surface area contributed by atoms with Gasteiger partial charge in [-0.2, -0.15) is 0 Å². The number of carbonyl (C=O) groups is 1. The molecule has 0 atom stereocenters. The summed E-state index contributed by atoms with van der Waals surface area (Å²) in [5, 5.41) is 9.33. The molecule has 1 fully saturated rings. The highest BCUT2D eigenvalue weighted by Gasteiger charge is 2.13. The number of carbonyl (C=O) groups excluding carboxylic acids is 1. The molecule has 0 bridgehead atoms. The third-order valence-corrected chi connectivity index (χ3v) is 3.85. The fraction of sp³-hybridized carbons (Fsp3) is 0.875. The van der Waals surface area contributed by atoms with Crippen LogP contribution in [0.5, 0.6) is 0 Å². The van der Waals surface area contributed by atoms with Crippen molar-refractivity contribution >= 4 is 11.9 Å². The molecular weight excluding hydrogens is 264 g/mol. The third kappa shape index (κ3) is 8.58. The zero-order valence-electron chi connectivity index (χ0n) is 13.7. The molecule has 0 heterocycles. The number of hydrogen-bond acceptors (Lipinski definition) is 2. The minimum absolute atomic E-state index is 0.0139. The quantitative estimate of drug-likeness (QED) is 0.346. The lowest BCUT2D eigenvalue weighted by Crippen LogP contribution is -2.39. The summed E-state index contributed by atoms with van der Waals surface area (Å²) in [6.07, 6.45) is 9.08. The fourth-order valence-electron chi connectivity index (χ4n) is 2.71. The highest BCUT2D eigenvalue weighted by atomic mass is 16.1. The first-order valence-corrected chi connectivity index (χ1v) is 8.55. The van der Waals surface area contributed by atoms with E-state index in [0.29, 0.717) is 0 Å². The SMILES string of the molecule is CCCNC(=O)CN=C(NCC)NCCCC1CCCC1. The molecule has 0 aliphatic heterocycles. The molecule has 1 saturated carbocycles. The zero-order valence-corrected chi connectivity index (χ0v) is 13.7. The Hall–Kier alpha value is -1.26. The summed E-state index contributed by atoms with van der Waals surface area (Å²) < 4.78 is 0. The second-order valence-electron chi connectivity index (χ2n) is 5.76. The summed E-state index contributed by atoms with van der Waals surface area (Å²) in [4.78, 5) is 15.9. The smallest absolute Gasteiger partial charge is 0.241 e. The first-order chi connectivity index (χ1) is 10.3. The van der Waals surface area contributed by atoms with Crippen molar-refractivity contribution in [1.29, 1.82) is 0 Å². The molecule has 1 rings (SSSR count). The summed E-state index contributed by atoms with van der Waals surface area (Å²) in [5.74, 6) is 1.67. The predicted octanol–water partition coefficient (Wildman–Crippen LogP) is 2.04. The van der Waals surface area contributed by atoms with Crippen LogP contribution in [0, 0.1) is 5.92 Å². The summed E-state index contributed by atoms with van der Waals surface area (Å²) >= 11 is 0. The molecular formula is C16H32N4O. The largest absolute Gasteiger partial charge is 0.357 e. The molecule has 21 heavy (non-hydrogen) atoms. The molecule has 122 valence electrons. The molecule has 0 aromatic rings. The van der Waals surface area contributed by atoms with Gasteiger partial charge in [0.1, 0.15) is 6.54 Å². The van der Waals surface area contributed by atoms with Gasteiger partial charge in [0, 0.05) is 19.6 Å². The molecule has 1 aliphatic carbocycles. The number of nitrogens with zero attached hydrogens (tertiary/aromatic N) is 1. The molecule has 5 heteroatoms.